The number of esters is 1. The highest BCUT2D eigenvalue weighted by Crippen LogP contribution is 2.18. The van der Waals surface area contributed by atoms with Crippen molar-refractivity contribution in [2.75, 3.05) is 24.7 Å². The lowest BCUT2D eigenvalue weighted by Crippen LogP contribution is -2.43. The lowest BCUT2D eigenvalue weighted by atomic mass is 10.1. The first kappa shape index (κ1) is 20.5. The van der Waals surface area contributed by atoms with Gasteiger partial charge in [0.05, 0.1) is 11.5 Å². The number of hydrogen-bond acceptors (Lipinski definition) is 5. The van der Waals surface area contributed by atoms with E-state index in [2.05, 4.69) is 0 Å². The number of rotatable bonds is 6. The number of sulfone groups is 1. The van der Waals surface area contributed by atoms with Gasteiger partial charge in [0.1, 0.15) is 0 Å². The predicted molar refractivity (Wildman–Crippen MR) is 101 cm³/mol. The summed E-state index contributed by atoms with van der Waals surface area (Å²) in [4.78, 5) is 25.5. The number of halogens is 1. The number of hydrogen-bond donors (Lipinski definition) is 0. The Morgan fingerprint density at radius 3 is 2.69 bits per heavy atom. The zero-order chi connectivity index (χ0) is 19.3. The van der Waals surface area contributed by atoms with Gasteiger partial charge in [0.15, 0.2) is 16.4 Å². The number of likely N-dealkylation sites (N-methyl/N-ethyl adjacent to an activating group) is 1. The number of ether oxygens (including phenoxy) is 1. The van der Waals surface area contributed by atoms with Crippen molar-refractivity contribution in [2.24, 2.45) is 0 Å². The van der Waals surface area contributed by atoms with Crippen LogP contribution in [-0.4, -0.2) is 55.9 Å². The van der Waals surface area contributed by atoms with Gasteiger partial charge in [-0.15, -0.1) is 0 Å². The minimum atomic E-state index is -3.08. The molecule has 0 aromatic heterocycles. The maximum Gasteiger partial charge on any atom is 0.331 e. The minimum absolute atomic E-state index is 0.0331. The van der Waals surface area contributed by atoms with Gasteiger partial charge in [0.25, 0.3) is 5.91 Å². The number of amides is 1. The van der Waals surface area contributed by atoms with E-state index < -0.39 is 28.3 Å². The molecule has 142 valence electrons. The Bertz CT molecular complexity index is 819. The van der Waals surface area contributed by atoms with E-state index in [0.717, 1.165) is 11.1 Å². The molecule has 0 saturated carbocycles. The number of carbonyl (C=O) groups excluding carboxylic acids is 2. The topological polar surface area (TPSA) is 80.8 Å². The third-order valence-electron chi connectivity index (χ3n) is 4.26. The second-order valence-electron chi connectivity index (χ2n) is 6.19. The molecule has 0 unspecified atom stereocenters. The van der Waals surface area contributed by atoms with E-state index in [1.807, 2.05) is 19.1 Å². The molecule has 2 rings (SSSR count). The van der Waals surface area contributed by atoms with Crippen LogP contribution in [0, 0.1) is 6.92 Å². The van der Waals surface area contributed by atoms with Crippen molar-refractivity contribution >= 4 is 39.4 Å². The number of carbonyl (C=O) groups is 2. The van der Waals surface area contributed by atoms with E-state index in [4.69, 9.17) is 16.3 Å². The molecule has 1 aliphatic heterocycles. The van der Waals surface area contributed by atoms with Gasteiger partial charge in [-0.1, -0.05) is 23.7 Å². The first-order valence-electron chi connectivity index (χ1n) is 8.32. The maximum atomic E-state index is 12.2. The number of nitrogens with zero attached hydrogens (tertiary/aromatic N) is 1. The Balaban J connectivity index is 1.88. The van der Waals surface area contributed by atoms with Crippen LogP contribution in [-0.2, 0) is 24.2 Å². The van der Waals surface area contributed by atoms with E-state index in [-0.39, 0.29) is 17.5 Å². The van der Waals surface area contributed by atoms with Crippen LogP contribution in [0.3, 0.4) is 0 Å². The van der Waals surface area contributed by atoms with Crippen molar-refractivity contribution < 1.29 is 22.7 Å². The quantitative estimate of drug-likeness (QED) is 0.541. The molecule has 26 heavy (non-hydrogen) atoms. The van der Waals surface area contributed by atoms with E-state index in [1.54, 1.807) is 19.1 Å². The molecule has 1 aromatic rings. The third kappa shape index (κ3) is 5.57. The Kier molecular flexibility index (Phi) is 6.83. The van der Waals surface area contributed by atoms with Gasteiger partial charge < -0.3 is 9.64 Å². The molecule has 1 fully saturated rings. The fraction of sp³-hybridized carbons (Fsp3) is 0.444. The van der Waals surface area contributed by atoms with Gasteiger partial charge in [-0.2, -0.15) is 0 Å². The highest BCUT2D eigenvalue weighted by atomic mass is 35.5. The molecule has 1 heterocycles. The van der Waals surface area contributed by atoms with Crippen molar-refractivity contribution in [3.8, 4) is 0 Å². The first-order valence-corrected chi connectivity index (χ1v) is 10.5. The van der Waals surface area contributed by atoms with Gasteiger partial charge in [-0.05, 0) is 43.5 Å². The molecule has 1 atom stereocenters. The van der Waals surface area contributed by atoms with Crippen LogP contribution >= 0.6 is 11.6 Å². The first-order chi connectivity index (χ1) is 12.2. The molecular weight excluding hydrogens is 378 g/mol. The monoisotopic (exact) mass is 399 g/mol. The Morgan fingerprint density at radius 1 is 1.38 bits per heavy atom. The molecule has 1 amide bonds. The van der Waals surface area contributed by atoms with Crippen molar-refractivity contribution in [2.45, 2.75) is 26.3 Å². The van der Waals surface area contributed by atoms with Crippen LogP contribution in [0.25, 0.3) is 6.08 Å². The predicted octanol–water partition coefficient (Wildman–Crippen LogP) is 2.24. The summed E-state index contributed by atoms with van der Waals surface area (Å²) < 4.78 is 28.1. The van der Waals surface area contributed by atoms with Crippen molar-refractivity contribution in [1.82, 2.24) is 4.90 Å². The zero-order valence-corrected chi connectivity index (χ0v) is 16.3. The van der Waals surface area contributed by atoms with Crippen LogP contribution in [0.4, 0.5) is 0 Å². The van der Waals surface area contributed by atoms with Gasteiger partial charge in [-0.25, -0.2) is 13.2 Å². The normalized spacial score (nSPS) is 18.8. The largest absolute Gasteiger partial charge is 0.452 e. The molecule has 1 aromatic carbocycles. The smallest absolute Gasteiger partial charge is 0.331 e. The van der Waals surface area contributed by atoms with E-state index in [9.17, 15) is 18.0 Å². The molecule has 1 aliphatic rings. The average molecular weight is 400 g/mol. The lowest BCUT2D eigenvalue weighted by molar-refractivity contribution is -0.149. The standard InChI is InChI=1S/C18H22ClNO5S/c1-3-20(15-8-9-26(23,24)12-15)17(21)11-25-18(22)7-6-14-5-4-13(2)16(19)10-14/h4-7,10,15H,3,8-9,11-12H2,1-2H3/b7-6+/t15-/m1/s1. The van der Waals surface area contributed by atoms with E-state index in [1.165, 1.54) is 11.0 Å². The average Bonchev–Trinajstić information content (AvgIpc) is 2.94. The van der Waals surface area contributed by atoms with E-state index in [0.29, 0.717) is 18.0 Å². The highest BCUT2D eigenvalue weighted by Gasteiger charge is 2.34. The van der Waals surface area contributed by atoms with Crippen LogP contribution in [0.1, 0.15) is 24.5 Å². The Labute approximate surface area is 158 Å². The van der Waals surface area contributed by atoms with Crippen LogP contribution in [0.5, 0.6) is 0 Å². The number of benzene rings is 1. The molecule has 0 bridgehead atoms. The summed E-state index contributed by atoms with van der Waals surface area (Å²) in [6, 6.07) is 5.04. The summed E-state index contributed by atoms with van der Waals surface area (Å²) in [5, 5.41) is 0.598. The van der Waals surface area contributed by atoms with Crippen molar-refractivity contribution in [3.63, 3.8) is 0 Å². The van der Waals surface area contributed by atoms with Crippen LogP contribution in [0.2, 0.25) is 5.02 Å². The van der Waals surface area contributed by atoms with Gasteiger partial charge in [-0.3, -0.25) is 4.79 Å². The molecule has 0 aliphatic carbocycles. The summed E-state index contributed by atoms with van der Waals surface area (Å²) in [5.74, 6) is -0.989. The molecule has 1 saturated heterocycles. The summed E-state index contributed by atoms with van der Waals surface area (Å²) >= 11 is 6.02. The highest BCUT2D eigenvalue weighted by molar-refractivity contribution is 7.91. The summed E-state index contributed by atoms with van der Waals surface area (Å²) in [7, 11) is -3.08. The van der Waals surface area contributed by atoms with Gasteiger partial charge >= 0.3 is 5.97 Å². The van der Waals surface area contributed by atoms with E-state index >= 15 is 0 Å². The number of aryl methyl sites for hydroxylation is 1. The molecule has 6 nitrogen and oxygen atoms in total. The molecule has 0 N–H and O–H groups in total. The Morgan fingerprint density at radius 2 is 2.12 bits per heavy atom. The summed E-state index contributed by atoms with van der Waals surface area (Å²) in [6.45, 7) is 3.60. The summed E-state index contributed by atoms with van der Waals surface area (Å²) in [6.07, 6.45) is 3.20. The van der Waals surface area contributed by atoms with Gasteiger partial charge in [0, 0.05) is 23.7 Å². The second-order valence-corrected chi connectivity index (χ2v) is 8.82. The minimum Gasteiger partial charge on any atom is -0.452 e. The van der Waals surface area contributed by atoms with Crippen molar-refractivity contribution in [1.29, 1.82) is 0 Å². The molecule has 8 heteroatoms. The van der Waals surface area contributed by atoms with Crippen LogP contribution < -0.4 is 0 Å². The lowest BCUT2D eigenvalue weighted by Gasteiger charge is -2.26. The molecule has 0 radical (unpaired) electrons. The second kappa shape index (κ2) is 8.68. The van der Waals surface area contributed by atoms with Crippen molar-refractivity contribution in [3.05, 3.63) is 40.4 Å². The fourth-order valence-electron chi connectivity index (χ4n) is 2.80. The molecule has 0 spiro atoms. The SMILES string of the molecule is CCN(C(=O)COC(=O)/C=C/c1ccc(C)c(Cl)c1)[C@@H]1CCS(=O)(=O)C1. The summed E-state index contributed by atoms with van der Waals surface area (Å²) in [5.41, 5.74) is 1.68. The molecular formula is C18H22ClNO5S. The third-order valence-corrected chi connectivity index (χ3v) is 6.41. The fourth-order valence-corrected chi connectivity index (χ4v) is 4.72. The van der Waals surface area contributed by atoms with Crippen LogP contribution in [0.15, 0.2) is 24.3 Å². The Hall–Kier alpha value is -1.86. The zero-order valence-electron chi connectivity index (χ0n) is 14.8. The maximum absolute atomic E-state index is 12.2. The van der Waals surface area contributed by atoms with Gasteiger partial charge in [0.2, 0.25) is 0 Å².